The molecule has 1 fully saturated rings. The summed E-state index contributed by atoms with van der Waals surface area (Å²) in [4.78, 5) is 77.1. The van der Waals surface area contributed by atoms with Crippen LogP contribution in [0.15, 0.2) is 129 Å². The number of nitrogens with one attached hydrogen (secondary N) is 2. The predicted octanol–water partition coefficient (Wildman–Crippen LogP) is 11.1. The summed E-state index contributed by atoms with van der Waals surface area (Å²) in [5.41, 5.74) is 38.0. The van der Waals surface area contributed by atoms with Crippen LogP contribution >= 0.6 is 23.2 Å². The minimum absolute atomic E-state index is 0.0624. The lowest BCUT2D eigenvalue weighted by Gasteiger charge is -2.27. The molecule has 6 aromatic heterocycles. The third-order valence-electron chi connectivity index (χ3n) is 20.5. The number of hydrogen-bond acceptors (Lipinski definition) is 20. The molecule has 4 aliphatic rings. The van der Waals surface area contributed by atoms with E-state index in [1.54, 1.807) is 59.0 Å². The monoisotopic (exact) mass is 1520 g/mol. The molecule has 8 N–H and O–H groups in total. The van der Waals surface area contributed by atoms with E-state index in [2.05, 4.69) is 139 Å². The summed E-state index contributed by atoms with van der Waals surface area (Å²) in [6, 6.07) is 22.1. The molecule has 29 heteroatoms. The standard InChI is InChI=1S/C29H32ClN7O2.C26H25ClFN7O.C26H34N8O/c1-5-39-22-6-7-24(25(30)12-22)18(3)34-29(38)21-13-33-37(16-21)28-27(31)32-14-26(35-28)19-10-17(2)23-8-9-36(4)15-20(23)11-19;1-15-7-17(8-18-13-34(2)6-5-21(15)18)23-12-30-24(29)25(33-23)35-14-19(11-32-35)26(36)31-10-16-3-4-20(28)9-22(16)27;1-18-12-19(13-20-16-31(2)9-6-22(18)20)23-15-28-24(27)25(30-23)34-17-21(14-29-34)26(35)32(3)10-11-33-7-4-5-8-33/h6-7,10-14,16,18H,5,8-9,15H2,1-4H3,(H2,31,32)(H,34,38);3-4,7-9,11-12,14H,5-6,10,13H2,1-2H3,(H2,29,30)(H,31,36);12-15,17H,4-11,16H2,1-3H3,(H2,27,28). The molecule has 4 aliphatic heterocycles. The number of hydrogen-bond donors (Lipinski definition) is 5. The number of rotatable bonds is 18. The van der Waals surface area contributed by atoms with Gasteiger partial charge in [-0.25, -0.2) is 48.3 Å². The fourth-order valence-corrected chi connectivity index (χ4v) is 15.0. The normalized spacial score (nSPS) is 14.6. The molecule has 5 aromatic carbocycles. The third-order valence-corrected chi connectivity index (χ3v) is 21.2. The molecule has 0 radical (unpaired) electrons. The van der Waals surface area contributed by atoms with Crippen molar-refractivity contribution >= 4 is 58.4 Å². The van der Waals surface area contributed by atoms with E-state index in [4.69, 9.17) is 60.1 Å². The Kier molecular flexibility index (Phi) is 23.7. The molecule has 1 unspecified atom stereocenters. The molecule has 10 heterocycles. The first-order valence-electron chi connectivity index (χ1n) is 36.8. The van der Waals surface area contributed by atoms with Crippen LogP contribution in [0.3, 0.4) is 0 Å². The fraction of sp³-hybridized carbons (Fsp3) is 0.333. The Morgan fingerprint density at radius 2 is 1.02 bits per heavy atom. The van der Waals surface area contributed by atoms with Crippen LogP contribution in [-0.4, -0.2) is 182 Å². The second-order valence-electron chi connectivity index (χ2n) is 28.7. The molecule has 15 rings (SSSR count). The number of amides is 3. The van der Waals surface area contributed by atoms with E-state index in [0.717, 1.165) is 106 Å². The zero-order valence-electron chi connectivity index (χ0n) is 63.3. The van der Waals surface area contributed by atoms with E-state index in [1.165, 1.54) is 103 Å². The Morgan fingerprint density at radius 3 is 1.46 bits per heavy atom. The van der Waals surface area contributed by atoms with E-state index in [0.29, 0.717) is 75.0 Å². The lowest BCUT2D eigenvalue weighted by Crippen LogP contribution is -2.35. The van der Waals surface area contributed by atoms with Gasteiger partial charge in [-0.15, -0.1) is 0 Å². The van der Waals surface area contributed by atoms with Gasteiger partial charge in [-0.2, -0.15) is 15.3 Å². The van der Waals surface area contributed by atoms with Gasteiger partial charge in [0, 0.05) is 111 Å². The van der Waals surface area contributed by atoms with Gasteiger partial charge in [0.2, 0.25) is 0 Å². The number of nitrogen functional groups attached to an aromatic ring is 3. The highest BCUT2D eigenvalue weighted by molar-refractivity contribution is 6.31. The van der Waals surface area contributed by atoms with E-state index in [1.807, 2.05) is 33.0 Å². The average Bonchev–Trinajstić information content (AvgIpc) is 1.32. The largest absolute Gasteiger partial charge is 0.494 e. The molecule has 0 aliphatic carbocycles. The van der Waals surface area contributed by atoms with Crippen molar-refractivity contribution in [2.75, 3.05) is 97.8 Å². The number of carbonyl (C=O) groups is 3. The highest BCUT2D eigenvalue weighted by Crippen LogP contribution is 2.34. The van der Waals surface area contributed by atoms with Crippen LogP contribution in [0.4, 0.5) is 21.8 Å². The Morgan fingerprint density at radius 1 is 0.573 bits per heavy atom. The summed E-state index contributed by atoms with van der Waals surface area (Å²) >= 11 is 12.5. The van der Waals surface area contributed by atoms with Crippen molar-refractivity contribution in [1.29, 1.82) is 0 Å². The van der Waals surface area contributed by atoms with Gasteiger partial charge in [0.15, 0.2) is 34.9 Å². The van der Waals surface area contributed by atoms with E-state index in [-0.39, 0.29) is 52.8 Å². The number of carbonyl (C=O) groups excluding carboxylic acids is 3. The molecule has 0 saturated carbocycles. The van der Waals surface area contributed by atoms with Crippen LogP contribution in [-0.2, 0) is 45.4 Å². The maximum atomic E-state index is 13.2. The topological polar surface area (TPSA) is 310 Å². The molecule has 570 valence electrons. The lowest BCUT2D eigenvalue weighted by atomic mass is 9.92. The number of anilines is 3. The number of likely N-dealkylation sites (tertiary alicyclic amines) is 1. The summed E-state index contributed by atoms with van der Waals surface area (Å²) < 4.78 is 23.2. The van der Waals surface area contributed by atoms with Gasteiger partial charge >= 0.3 is 0 Å². The van der Waals surface area contributed by atoms with Gasteiger partial charge in [-0.1, -0.05) is 35.3 Å². The molecule has 0 spiro atoms. The summed E-state index contributed by atoms with van der Waals surface area (Å²) in [6.07, 6.45) is 19.9. The zero-order valence-corrected chi connectivity index (χ0v) is 64.8. The number of fused-ring (bicyclic) bond motifs is 3. The number of benzene rings is 5. The number of aromatic nitrogens is 12. The maximum absolute atomic E-state index is 13.2. The molecular weight excluding hydrogens is 1430 g/mol. The zero-order chi connectivity index (χ0) is 77.6. The molecular formula is C81H91Cl2FN22O4. The second kappa shape index (κ2) is 33.8. The molecule has 0 bridgehead atoms. The molecule has 1 atom stereocenters. The van der Waals surface area contributed by atoms with Gasteiger partial charge in [-0.3, -0.25) is 14.4 Å². The van der Waals surface area contributed by atoms with Crippen LogP contribution in [0.5, 0.6) is 5.75 Å². The quantitative estimate of drug-likeness (QED) is 0.0533. The lowest BCUT2D eigenvalue weighted by molar-refractivity contribution is 0.0781. The van der Waals surface area contributed by atoms with Crippen LogP contribution in [0, 0.1) is 26.6 Å². The van der Waals surface area contributed by atoms with E-state index in [9.17, 15) is 18.8 Å². The Balaban J connectivity index is 0.000000145. The van der Waals surface area contributed by atoms with Crippen LogP contribution in [0.25, 0.3) is 51.2 Å². The van der Waals surface area contributed by atoms with Crippen LogP contribution in [0.2, 0.25) is 10.0 Å². The number of nitrogens with zero attached hydrogens (tertiary/aromatic N) is 17. The number of aryl methyl sites for hydroxylation is 3. The first-order chi connectivity index (χ1) is 52.9. The van der Waals surface area contributed by atoms with Crippen LogP contribution < -0.4 is 32.6 Å². The summed E-state index contributed by atoms with van der Waals surface area (Å²) in [5, 5.41) is 19.5. The van der Waals surface area contributed by atoms with Gasteiger partial charge in [-0.05, 0) is 223 Å². The second-order valence-corrected chi connectivity index (χ2v) is 29.5. The maximum Gasteiger partial charge on any atom is 0.256 e. The van der Waals surface area contributed by atoms with Crippen molar-refractivity contribution < 1.29 is 23.5 Å². The number of ether oxygens (including phenoxy) is 1. The minimum atomic E-state index is -0.435. The van der Waals surface area contributed by atoms with Crippen molar-refractivity contribution in [3.05, 3.63) is 222 Å². The van der Waals surface area contributed by atoms with Crippen molar-refractivity contribution in [1.82, 2.24) is 94.4 Å². The average molecular weight is 1530 g/mol. The van der Waals surface area contributed by atoms with Gasteiger partial charge < -0.3 is 57.1 Å². The SMILES string of the molecule is CCOc1ccc(C(C)NC(=O)c2cnn(-c3nc(-c4cc(C)c5c(c4)CN(C)CC5)cnc3N)c2)c(Cl)c1.Cc1cc(-c2cnc(N)c(-n3cc(C(=O)N(C)CCN4CCCC4)cn3)n2)cc2c1CCN(C)C2.Cc1cc(-c2cnc(N)c(-n3cc(C(=O)NCc4ccc(F)cc4Cl)cn3)n2)cc2c1CCN(C)C2. The molecule has 11 aromatic rings. The Hall–Kier alpha value is -11.1. The van der Waals surface area contributed by atoms with Crippen molar-refractivity contribution in [2.24, 2.45) is 0 Å². The third kappa shape index (κ3) is 17.8. The van der Waals surface area contributed by atoms with Gasteiger partial charge in [0.1, 0.15) is 11.6 Å². The number of nitrogens with two attached hydrogens (primary N) is 3. The predicted molar refractivity (Wildman–Crippen MR) is 425 cm³/mol. The first-order valence-corrected chi connectivity index (χ1v) is 37.6. The smallest absolute Gasteiger partial charge is 0.256 e. The summed E-state index contributed by atoms with van der Waals surface area (Å²) in [7, 11) is 8.23. The summed E-state index contributed by atoms with van der Waals surface area (Å²) in [5.74, 6) is 1.34. The Labute approximate surface area is 648 Å². The van der Waals surface area contributed by atoms with Crippen LogP contribution in [0.1, 0.15) is 125 Å². The molecule has 3 amide bonds. The number of likely N-dealkylation sites (N-methyl/N-ethyl adjacent to an activating group) is 4. The highest BCUT2D eigenvalue weighted by Gasteiger charge is 2.26. The van der Waals surface area contributed by atoms with Gasteiger partial charge in [0.25, 0.3) is 17.7 Å². The van der Waals surface area contributed by atoms with Gasteiger partial charge in [0.05, 0.1) is 83.6 Å². The fourth-order valence-electron chi connectivity index (χ4n) is 14.4. The highest BCUT2D eigenvalue weighted by atomic mass is 35.5. The van der Waals surface area contributed by atoms with Crippen molar-refractivity contribution in [3.8, 4) is 57.0 Å². The number of halogens is 3. The molecule has 1 saturated heterocycles. The molecule has 110 heavy (non-hydrogen) atoms. The summed E-state index contributed by atoms with van der Waals surface area (Å²) in [6.45, 7) is 20.6. The first kappa shape index (κ1) is 77.1. The Bertz CT molecular complexity index is 5250. The minimum Gasteiger partial charge on any atom is -0.494 e. The van der Waals surface area contributed by atoms with Crippen molar-refractivity contribution in [3.63, 3.8) is 0 Å². The van der Waals surface area contributed by atoms with E-state index >= 15 is 0 Å². The van der Waals surface area contributed by atoms with E-state index < -0.39 is 5.82 Å². The molecule has 26 nitrogen and oxygen atoms in total. The van der Waals surface area contributed by atoms with Crippen molar-refractivity contribution in [2.45, 2.75) is 98.9 Å².